The number of nitrogens with zero attached hydrogens (tertiary/aromatic N) is 1. The summed E-state index contributed by atoms with van der Waals surface area (Å²) in [4.78, 5) is 75.3. The Balaban J connectivity index is 0.00000616. The Hall–Kier alpha value is -1.22. The Bertz CT molecular complexity index is 1130. The monoisotopic (exact) mass is 677 g/mol. The van der Waals surface area contributed by atoms with E-state index in [4.69, 9.17) is 0 Å². The summed E-state index contributed by atoms with van der Waals surface area (Å²) in [5, 5.41) is 9.66. The summed E-state index contributed by atoms with van der Waals surface area (Å²) in [6.07, 6.45) is 2.15. The molecule has 0 bridgehead atoms. The van der Waals surface area contributed by atoms with Crippen molar-refractivity contribution in [1.82, 2.24) is 26.3 Å². The standard InChI is InChI=1S/C22H33N5O10S4.Na/c28-16(4-2-1-3-14-20-13(12-38-14)25-22(33)26-20)23-7-8-24-17(29)5-9-39-40-10-6-19(31)37-27-18(30)11-15(21(27)32)41(34,35)36;/h13-15,20H,1-12H2,(H,23,28)(H,24,29)(H2,25,26,33)(H,34,35,36);/q;+1/p-1/t13-,14?,15?,20-;/m0./s1. The molecule has 0 aromatic rings. The molecular weight excluding hydrogens is 646 g/mol. The molecule has 0 saturated carbocycles. The van der Waals surface area contributed by atoms with Gasteiger partial charge in [-0.1, -0.05) is 28.0 Å². The smallest absolute Gasteiger partial charge is 0.747 e. The van der Waals surface area contributed by atoms with Gasteiger partial charge >= 0.3 is 41.6 Å². The maximum atomic E-state index is 12.0. The number of amides is 6. The summed E-state index contributed by atoms with van der Waals surface area (Å²) in [6.45, 7) is 0.614. The predicted molar refractivity (Wildman–Crippen MR) is 150 cm³/mol. The molecule has 3 heterocycles. The molecular formula is C22H32N5NaO10S4. The average Bonchev–Trinajstić information content (AvgIpc) is 3.54. The molecule has 20 heteroatoms. The van der Waals surface area contributed by atoms with Crippen molar-refractivity contribution in [2.45, 2.75) is 67.5 Å². The van der Waals surface area contributed by atoms with Crippen LogP contribution in [0.25, 0.3) is 0 Å². The Kier molecular flexibility index (Phi) is 15.8. The molecule has 3 rings (SSSR count). The molecule has 0 aromatic carbocycles. The largest absolute Gasteiger partial charge is 1.00 e. The summed E-state index contributed by atoms with van der Waals surface area (Å²) in [7, 11) is -2.44. The SMILES string of the molecule is O=C(CCCCC1SC[C@@H]2NC(=O)N[C@H]12)NCCNC(=O)CCSSCCC(=O)ON1C(=O)CC(S(=O)(=O)[O-])C1=O.[Na+]. The number of carbonyl (C=O) groups excluding carboxylic acids is 6. The van der Waals surface area contributed by atoms with Crippen LogP contribution in [0.1, 0.15) is 44.9 Å². The number of hydrogen-bond acceptors (Lipinski definition) is 13. The van der Waals surface area contributed by atoms with Crippen LogP contribution in [0.3, 0.4) is 0 Å². The van der Waals surface area contributed by atoms with Gasteiger partial charge in [0.1, 0.15) is 15.4 Å². The molecule has 0 aliphatic carbocycles. The van der Waals surface area contributed by atoms with Gasteiger partial charge in [0.15, 0.2) is 0 Å². The Morgan fingerprint density at radius 1 is 1.00 bits per heavy atom. The molecule has 6 amide bonds. The normalized spacial score (nSPS) is 23.1. The van der Waals surface area contributed by atoms with Crippen molar-refractivity contribution in [2.24, 2.45) is 0 Å². The van der Waals surface area contributed by atoms with E-state index in [1.165, 1.54) is 21.6 Å². The predicted octanol–water partition coefficient (Wildman–Crippen LogP) is -3.76. The number of urea groups is 1. The number of imide groups is 1. The van der Waals surface area contributed by atoms with Gasteiger partial charge in [-0.2, -0.15) is 11.8 Å². The topological polar surface area (TPSA) is 220 Å². The number of fused-ring (bicyclic) bond motifs is 1. The average molecular weight is 678 g/mol. The fourth-order valence-electron chi connectivity index (χ4n) is 4.28. The number of rotatable bonds is 17. The number of nitrogens with one attached hydrogen (secondary N) is 4. The van der Waals surface area contributed by atoms with Crippen molar-refractivity contribution in [3.8, 4) is 0 Å². The minimum absolute atomic E-state index is 0. The molecule has 4 N–H and O–H groups in total. The van der Waals surface area contributed by atoms with Gasteiger partial charge in [-0.3, -0.25) is 19.2 Å². The number of thioether (sulfide) groups is 1. The molecule has 42 heavy (non-hydrogen) atoms. The maximum Gasteiger partial charge on any atom is 1.00 e. The second-order valence-electron chi connectivity index (χ2n) is 9.39. The Labute approximate surface area is 277 Å². The van der Waals surface area contributed by atoms with Crippen LogP contribution in [0.15, 0.2) is 0 Å². The molecule has 3 fully saturated rings. The summed E-state index contributed by atoms with van der Waals surface area (Å²) in [5.74, 6) is -2.06. The van der Waals surface area contributed by atoms with E-state index in [9.17, 15) is 41.7 Å². The van der Waals surface area contributed by atoms with E-state index in [2.05, 4.69) is 26.1 Å². The van der Waals surface area contributed by atoms with Gasteiger partial charge in [-0.05, 0) is 12.8 Å². The third-order valence-corrected chi connectivity index (χ3v) is 11.3. The van der Waals surface area contributed by atoms with Crippen LogP contribution in [0.4, 0.5) is 4.79 Å². The molecule has 3 saturated heterocycles. The molecule has 3 aliphatic rings. The van der Waals surface area contributed by atoms with Gasteiger partial charge in [0, 0.05) is 48.4 Å². The van der Waals surface area contributed by atoms with Crippen LogP contribution < -0.4 is 50.8 Å². The van der Waals surface area contributed by atoms with Crippen molar-refractivity contribution < 1.29 is 76.1 Å². The van der Waals surface area contributed by atoms with Gasteiger partial charge in [-0.15, -0.1) is 5.06 Å². The van der Waals surface area contributed by atoms with Gasteiger partial charge in [0.25, 0.3) is 11.8 Å². The molecule has 230 valence electrons. The van der Waals surface area contributed by atoms with Crippen molar-refractivity contribution in [3.63, 3.8) is 0 Å². The molecule has 0 spiro atoms. The minimum atomic E-state index is -5.03. The van der Waals surface area contributed by atoms with E-state index in [-0.39, 0.29) is 83.1 Å². The summed E-state index contributed by atoms with van der Waals surface area (Å²) < 4.78 is 33.0. The summed E-state index contributed by atoms with van der Waals surface area (Å²) in [5.41, 5.74) is 0. The van der Waals surface area contributed by atoms with Crippen LogP contribution in [-0.4, -0.2) is 107 Å². The van der Waals surface area contributed by atoms with Crippen molar-refractivity contribution in [1.29, 1.82) is 0 Å². The van der Waals surface area contributed by atoms with Gasteiger partial charge in [0.2, 0.25) is 11.8 Å². The van der Waals surface area contributed by atoms with Crippen molar-refractivity contribution in [2.75, 3.05) is 30.3 Å². The van der Waals surface area contributed by atoms with Crippen LogP contribution in [0, 0.1) is 0 Å². The Morgan fingerprint density at radius 3 is 2.29 bits per heavy atom. The fraction of sp³-hybridized carbons (Fsp3) is 0.727. The van der Waals surface area contributed by atoms with E-state index in [1.807, 2.05) is 11.8 Å². The first-order valence-corrected chi connectivity index (χ1v) is 17.9. The zero-order valence-electron chi connectivity index (χ0n) is 23.0. The molecule has 3 aliphatic heterocycles. The maximum absolute atomic E-state index is 12.0. The second-order valence-corrected chi connectivity index (χ2v) is 14.9. The minimum Gasteiger partial charge on any atom is -0.747 e. The van der Waals surface area contributed by atoms with E-state index >= 15 is 0 Å². The van der Waals surface area contributed by atoms with Gasteiger partial charge < -0.3 is 30.7 Å². The van der Waals surface area contributed by atoms with Gasteiger partial charge in [-0.25, -0.2) is 18.0 Å². The zero-order chi connectivity index (χ0) is 30.0. The van der Waals surface area contributed by atoms with E-state index in [0.29, 0.717) is 30.5 Å². The first-order valence-electron chi connectivity index (χ1n) is 12.9. The quantitative estimate of drug-likeness (QED) is 0.0291. The Morgan fingerprint density at radius 2 is 1.64 bits per heavy atom. The van der Waals surface area contributed by atoms with Gasteiger partial charge in [0.05, 0.1) is 24.9 Å². The van der Waals surface area contributed by atoms with Crippen LogP contribution in [-0.2, 0) is 38.9 Å². The van der Waals surface area contributed by atoms with Crippen LogP contribution in [0.2, 0.25) is 0 Å². The third-order valence-electron chi connectivity index (χ3n) is 6.34. The van der Waals surface area contributed by atoms with E-state index < -0.39 is 39.6 Å². The number of carbonyl (C=O) groups is 6. The zero-order valence-corrected chi connectivity index (χ0v) is 28.2. The molecule has 2 unspecified atom stereocenters. The first kappa shape index (κ1) is 37.0. The van der Waals surface area contributed by atoms with E-state index in [1.54, 1.807) is 0 Å². The van der Waals surface area contributed by atoms with Crippen LogP contribution >= 0.6 is 33.3 Å². The molecule has 0 aromatic heterocycles. The van der Waals surface area contributed by atoms with Crippen molar-refractivity contribution in [3.05, 3.63) is 0 Å². The number of hydroxylamine groups is 2. The van der Waals surface area contributed by atoms with Crippen LogP contribution in [0.5, 0.6) is 0 Å². The summed E-state index contributed by atoms with van der Waals surface area (Å²) in [6, 6.07) is 0.253. The molecule has 4 atom stereocenters. The van der Waals surface area contributed by atoms with Crippen molar-refractivity contribution >= 4 is 79.1 Å². The third kappa shape index (κ3) is 11.7. The number of unbranched alkanes of at least 4 members (excludes halogenated alkanes) is 1. The summed E-state index contributed by atoms with van der Waals surface area (Å²) >= 11 is 1.85. The van der Waals surface area contributed by atoms with E-state index in [0.717, 1.165) is 25.0 Å². The number of hydrogen-bond donors (Lipinski definition) is 4. The first-order chi connectivity index (χ1) is 19.5. The molecule has 0 radical (unpaired) electrons. The second kappa shape index (κ2) is 17.9. The molecule has 15 nitrogen and oxygen atoms in total. The fourth-order valence-corrected chi connectivity index (χ4v) is 8.48.